The average Bonchev–Trinajstić information content (AvgIpc) is 3.14. The summed E-state index contributed by atoms with van der Waals surface area (Å²) in [7, 11) is 0. The van der Waals surface area contributed by atoms with E-state index < -0.39 is 0 Å². The van der Waals surface area contributed by atoms with E-state index in [1.807, 2.05) is 4.52 Å². The average molecular weight is 352 g/mol. The number of rotatable bonds is 2. The number of imidazole rings is 1. The van der Waals surface area contributed by atoms with Crippen LogP contribution in [0.15, 0.2) is 10.9 Å². The van der Waals surface area contributed by atoms with Gasteiger partial charge in [-0.1, -0.05) is 0 Å². The highest BCUT2D eigenvalue weighted by molar-refractivity contribution is 9.10. The maximum absolute atomic E-state index is 10.3. The predicted octanol–water partition coefficient (Wildman–Crippen LogP) is 2.27. The Morgan fingerprint density at radius 3 is 2.67 bits per heavy atom. The summed E-state index contributed by atoms with van der Waals surface area (Å²) in [4.78, 5) is 8.63. The summed E-state index contributed by atoms with van der Waals surface area (Å²) in [6, 6.07) is 0. The van der Waals surface area contributed by atoms with Crippen molar-refractivity contribution in [2.24, 2.45) is 5.92 Å². The van der Waals surface area contributed by atoms with Crippen LogP contribution in [-0.4, -0.2) is 30.3 Å². The summed E-state index contributed by atoms with van der Waals surface area (Å²) in [5, 5.41) is 14.6. The molecule has 3 N–H and O–H groups in total. The van der Waals surface area contributed by atoms with E-state index in [-0.39, 0.29) is 5.60 Å². The zero-order chi connectivity index (χ0) is 14.6. The van der Waals surface area contributed by atoms with Crippen LogP contribution in [-0.2, 0) is 0 Å². The van der Waals surface area contributed by atoms with Gasteiger partial charge in [0.15, 0.2) is 5.82 Å². The standard InChI is InChI=1S/C14H18BrN5O/c15-11-10-12(16)17-7-18-20(10)13(19-11)8-1-3-9(4-2-8)14(21)5-6-14/h7-9,21H,1-6H2,(H2,16,17,18). The van der Waals surface area contributed by atoms with Gasteiger partial charge < -0.3 is 10.8 Å². The van der Waals surface area contributed by atoms with Gasteiger partial charge in [0.05, 0.1) is 5.60 Å². The highest BCUT2D eigenvalue weighted by Gasteiger charge is 2.48. The van der Waals surface area contributed by atoms with Crippen LogP contribution in [0.2, 0.25) is 0 Å². The SMILES string of the molecule is Nc1ncnn2c(C3CCC(C4(O)CC4)CC3)nc(Br)c12. The summed E-state index contributed by atoms with van der Waals surface area (Å²) in [5.41, 5.74) is 6.30. The minimum absolute atomic E-state index is 0.354. The predicted molar refractivity (Wildman–Crippen MR) is 81.8 cm³/mol. The smallest absolute Gasteiger partial charge is 0.154 e. The molecule has 2 aliphatic carbocycles. The highest BCUT2D eigenvalue weighted by Crippen LogP contribution is 2.50. The van der Waals surface area contributed by atoms with Gasteiger partial charge in [-0.05, 0) is 60.4 Å². The topological polar surface area (TPSA) is 89.3 Å². The third-order valence-corrected chi connectivity index (χ3v) is 5.61. The largest absolute Gasteiger partial charge is 0.390 e. The minimum Gasteiger partial charge on any atom is -0.390 e. The summed E-state index contributed by atoms with van der Waals surface area (Å²) in [5.74, 6) is 2.23. The number of fused-ring (bicyclic) bond motifs is 1. The molecule has 2 fully saturated rings. The van der Waals surface area contributed by atoms with Gasteiger partial charge in [0, 0.05) is 5.92 Å². The molecule has 6 nitrogen and oxygen atoms in total. The molecule has 0 unspecified atom stereocenters. The molecule has 0 saturated heterocycles. The minimum atomic E-state index is -0.354. The Balaban J connectivity index is 1.62. The van der Waals surface area contributed by atoms with Crippen LogP contribution < -0.4 is 5.73 Å². The first-order chi connectivity index (χ1) is 10.1. The fourth-order valence-corrected chi connectivity index (χ4v) is 4.18. The third kappa shape index (κ3) is 2.14. The van der Waals surface area contributed by atoms with E-state index in [1.54, 1.807) is 0 Å². The van der Waals surface area contributed by atoms with Gasteiger partial charge in [0.1, 0.15) is 22.3 Å². The van der Waals surface area contributed by atoms with Crippen molar-refractivity contribution in [1.82, 2.24) is 19.6 Å². The Morgan fingerprint density at radius 1 is 1.29 bits per heavy atom. The van der Waals surface area contributed by atoms with E-state index in [1.165, 1.54) is 6.33 Å². The van der Waals surface area contributed by atoms with Gasteiger partial charge in [-0.25, -0.2) is 14.5 Å². The number of nitrogens with two attached hydrogens (primary N) is 1. The van der Waals surface area contributed by atoms with Crippen molar-refractivity contribution >= 4 is 27.3 Å². The summed E-state index contributed by atoms with van der Waals surface area (Å²) < 4.78 is 2.52. The highest BCUT2D eigenvalue weighted by atomic mass is 79.9. The van der Waals surface area contributed by atoms with Crippen molar-refractivity contribution in [1.29, 1.82) is 0 Å². The molecule has 4 rings (SSSR count). The molecular weight excluding hydrogens is 334 g/mol. The number of nitrogens with zero attached hydrogens (tertiary/aromatic N) is 4. The normalized spacial score (nSPS) is 27.9. The van der Waals surface area contributed by atoms with Crippen LogP contribution in [0.3, 0.4) is 0 Å². The molecule has 2 aliphatic rings. The van der Waals surface area contributed by atoms with Crippen LogP contribution >= 0.6 is 15.9 Å². The molecule has 112 valence electrons. The maximum Gasteiger partial charge on any atom is 0.154 e. The van der Waals surface area contributed by atoms with Crippen LogP contribution in [0.25, 0.3) is 5.52 Å². The molecule has 0 atom stereocenters. The lowest BCUT2D eigenvalue weighted by atomic mass is 9.78. The summed E-state index contributed by atoms with van der Waals surface area (Å²) >= 11 is 3.46. The number of anilines is 1. The Labute approximate surface area is 130 Å². The van der Waals surface area contributed by atoms with Crippen molar-refractivity contribution < 1.29 is 5.11 Å². The van der Waals surface area contributed by atoms with E-state index in [2.05, 4.69) is 31.0 Å². The Morgan fingerprint density at radius 2 is 2.00 bits per heavy atom. The second-order valence-corrected chi connectivity index (χ2v) is 7.07. The van der Waals surface area contributed by atoms with Crippen LogP contribution in [0.1, 0.15) is 50.3 Å². The summed E-state index contributed by atoms with van der Waals surface area (Å²) in [6.45, 7) is 0. The first kappa shape index (κ1) is 13.5. The molecule has 0 radical (unpaired) electrons. The number of aromatic nitrogens is 4. The van der Waals surface area contributed by atoms with Crippen LogP contribution in [0.5, 0.6) is 0 Å². The van der Waals surface area contributed by atoms with Crippen LogP contribution in [0.4, 0.5) is 5.82 Å². The quantitative estimate of drug-likeness (QED) is 0.866. The molecule has 0 aromatic carbocycles. The van der Waals surface area contributed by atoms with Crippen molar-refractivity contribution in [3.63, 3.8) is 0 Å². The van der Waals surface area contributed by atoms with Crippen molar-refractivity contribution in [3.8, 4) is 0 Å². The molecule has 2 aromatic rings. The van der Waals surface area contributed by atoms with Gasteiger partial charge in [-0.15, -0.1) is 0 Å². The molecule has 7 heteroatoms. The summed E-state index contributed by atoms with van der Waals surface area (Å²) in [6.07, 6.45) is 7.64. The molecule has 0 aliphatic heterocycles. The Kier molecular flexibility index (Phi) is 2.97. The lowest BCUT2D eigenvalue weighted by Gasteiger charge is -2.30. The van der Waals surface area contributed by atoms with E-state index in [0.29, 0.717) is 22.3 Å². The molecule has 0 bridgehead atoms. The van der Waals surface area contributed by atoms with Gasteiger partial charge in [0.25, 0.3) is 0 Å². The van der Waals surface area contributed by atoms with E-state index >= 15 is 0 Å². The first-order valence-electron chi connectivity index (χ1n) is 7.45. The lowest BCUT2D eigenvalue weighted by molar-refractivity contribution is 0.0567. The van der Waals surface area contributed by atoms with E-state index in [0.717, 1.165) is 49.9 Å². The van der Waals surface area contributed by atoms with Gasteiger partial charge in [-0.2, -0.15) is 5.10 Å². The fourth-order valence-electron chi connectivity index (χ4n) is 3.62. The zero-order valence-electron chi connectivity index (χ0n) is 11.7. The molecule has 21 heavy (non-hydrogen) atoms. The number of aliphatic hydroxyl groups is 1. The van der Waals surface area contributed by atoms with Crippen molar-refractivity contribution in [2.45, 2.75) is 50.0 Å². The third-order valence-electron chi connectivity index (χ3n) is 5.06. The number of halogens is 1. The monoisotopic (exact) mass is 351 g/mol. The Bertz CT molecular complexity index is 688. The molecule has 0 spiro atoms. The molecular formula is C14H18BrN5O. The van der Waals surface area contributed by atoms with E-state index in [9.17, 15) is 5.11 Å². The molecule has 0 amide bonds. The van der Waals surface area contributed by atoms with Crippen LogP contribution in [0, 0.1) is 5.92 Å². The molecule has 2 aromatic heterocycles. The van der Waals surface area contributed by atoms with Gasteiger partial charge in [0.2, 0.25) is 0 Å². The zero-order valence-corrected chi connectivity index (χ0v) is 13.3. The van der Waals surface area contributed by atoms with Gasteiger partial charge in [-0.3, -0.25) is 0 Å². The fraction of sp³-hybridized carbons (Fsp3) is 0.643. The van der Waals surface area contributed by atoms with Gasteiger partial charge >= 0.3 is 0 Å². The number of hydrogen-bond acceptors (Lipinski definition) is 5. The number of hydrogen-bond donors (Lipinski definition) is 2. The second-order valence-electron chi connectivity index (χ2n) is 6.32. The molecule has 2 saturated carbocycles. The van der Waals surface area contributed by atoms with Crippen molar-refractivity contribution in [2.75, 3.05) is 5.73 Å². The van der Waals surface area contributed by atoms with E-state index in [4.69, 9.17) is 5.73 Å². The Hall–Kier alpha value is -1.21. The maximum atomic E-state index is 10.3. The lowest BCUT2D eigenvalue weighted by Crippen LogP contribution is -2.27. The van der Waals surface area contributed by atoms with Crippen molar-refractivity contribution in [3.05, 3.63) is 16.8 Å². The molecule has 2 heterocycles. The first-order valence-corrected chi connectivity index (χ1v) is 8.25. The second kappa shape index (κ2) is 4.64. The number of nitrogen functional groups attached to an aromatic ring is 1.